The van der Waals surface area contributed by atoms with Crippen molar-refractivity contribution in [2.45, 2.75) is 6.04 Å². The van der Waals surface area contributed by atoms with Crippen molar-refractivity contribution in [3.05, 3.63) is 59.8 Å². The number of nitrogens with one attached hydrogen (secondary N) is 1. The van der Waals surface area contributed by atoms with Crippen molar-refractivity contribution in [1.82, 2.24) is 10.4 Å². The van der Waals surface area contributed by atoms with E-state index >= 15 is 0 Å². The van der Waals surface area contributed by atoms with E-state index in [1.807, 2.05) is 42.5 Å². The Morgan fingerprint density at radius 1 is 1.06 bits per heavy atom. The van der Waals surface area contributed by atoms with Crippen LogP contribution in [-0.4, -0.2) is 4.98 Å². The molecule has 0 amide bonds. The van der Waals surface area contributed by atoms with Gasteiger partial charge in [-0.15, -0.1) is 0 Å². The van der Waals surface area contributed by atoms with Crippen LogP contribution in [0.25, 0.3) is 0 Å². The molecule has 0 fully saturated rings. The Balaban J connectivity index is 2.41. The van der Waals surface area contributed by atoms with Crippen LogP contribution in [0.15, 0.2) is 48.7 Å². The lowest BCUT2D eigenvalue weighted by Crippen LogP contribution is -2.29. The summed E-state index contributed by atoms with van der Waals surface area (Å²) in [5, 5.41) is 0. The maximum atomic E-state index is 5.83. The summed E-state index contributed by atoms with van der Waals surface area (Å²) in [6, 6.07) is 13.5. The number of nitrogens with two attached hydrogens (primary N) is 2. The fourth-order valence-corrected chi connectivity index (χ4v) is 1.69. The lowest BCUT2D eigenvalue weighted by Gasteiger charge is -2.17. The van der Waals surface area contributed by atoms with E-state index in [0.717, 1.165) is 11.1 Å². The Labute approximate surface area is 94.3 Å². The number of aromatic nitrogens is 1. The van der Waals surface area contributed by atoms with Gasteiger partial charge in [0.1, 0.15) is 5.82 Å². The molecule has 1 aromatic carbocycles. The van der Waals surface area contributed by atoms with Gasteiger partial charge in [0.2, 0.25) is 0 Å². The van der Waals surface area contributed by atoms with Crippen LogP contribution in [0.1, 0.15) is 17.2 Å². The Morgan fingerprint density at radius 2 is 1.81 bits per heavy atom. The quantitative estimate of drug-likeness (QED) is 0.530. The van der Waals surface area contributed by atoms with Gasteiger partial charge in [-0.25, -0.2) is 10.4 Å². The van der Waals surface area contributed by atoms with Gasteiger partial charge in [0.15, 0.2) is 0 Å². The lowest BCUT2D eigenvalue weighted by molar-refractivity contribution is 0.637. The van der Waals surface area contributed by atoms with E-state index in [2.05, 4.69) is 10.4 Å². The normalized spacial score (nSPS) is 12.3. The van der Waals surface area contributed by atoms with Crippen LogP contribution in [0.4, 0.5) is 5.82 Å². The second-order valence-electron chi connectivity index (χ2n) is 3.49. The van der Waals surface area contributed by atoms with Crippen molar-refractivity contribution in [3.8, 4) is 0 Å². The van der Waals surface area contributed by atoms with Crippen LogP contribution in [0.3, 0.4) is 0 Å². The first-order valence-corrected chi connectivity index (χ1v) is 5.04. The first-order chi connectivity index (χ1) is 7.83. The number of benzene rings is 1. The van der Waals surface area contributed by atoms with Gasteiger partial charge in [-0.3, -0.25) is 5.84 Å². The zero-order valence-corrected chi connectivity index (χ0v) is 8.80. The maximum absolute atomic E-state index is 5.83. The highest BCUT2D eigenvalue weighted by Gasteiger charge is 2.14. The van der Waals surface area contributed by atoms with Crippen LogP contribution < -0.4 is 17.0 Å². The SMILES string of the molecule is NNC(c1ccccc1)c1cccnc1N. The highest BCUT2D eigenvalue weighted by Crippen LogP contribution is 2.24. The second kappa shape index (κ2) is 4.74. The summed E-state index contributed by atoms with van der Waals surface area (Å²) < 4.78 is 0. The number of nitrogens with zero attached hydrogens (tertiary/aromatic N) is 1. The van der Waals surface area contributed by atoms with Crippen LogP contribution in [0, 0.1) is 0 Å². The summed E-state index contributed by atoms with van der Waals surface area (Å²) in [6.45, 7) is 0. The van der Waals surface area contributed by atoms with E-state index < -0.39 is 0 Å². The fraction of sp³-hybridized carbons (Fsp3) is 0.0833. The Bertz CT molecular complexity index is 456. The Morgan fingerprint density at radius 3 is 2.44 bits per heavy atom. The molecular weight excluding hydrogens is 200 g/mol. The van der Waals surface area contributed by atoms with E-state index in [0.29, 0.717) is 5.82 Å². The predicted octanol–water partition coefficient (Wildman–Crippen LogP) is 1.22. The third-order valence-corrected chi connectivity index (χ3v) is 2.48. The molecule has 0 radical (unpaired) electrons. The number of hydrogen-bond acceptors (Lipinski definition) is 4. The number of hydrogen-bond donors (Lipinski definition) is 3. The van der Waals surface area contributed by atoms with Crippen LogP contribution in [0.5, 0.6) is 0 Å². The topological polar surface area (TPSA) is 77.0 Å². The molecule has 0 aliphatic rings. The van der Waals surface area contributed by atoms with Gasteiger partial charge in [-0.05, 0) is 11.6 Å². The van der Waals surface area contributed by atoms with Gasteiger partial charge < -0.3 is 5.73 Å². The zero-order chi connectivity index (χ0) is 11.4. The molecule has 0 aliphatic carbocycles. The second-order valence-corrected chi connectivity index (χ2v) is 3.49. The predicted molar refractivity (Wildman–Crippen MR) is 64.3 cm³/mol. The molecule has 0 bridgehead atoms. The molecule has 2 rings (SSSR count). The van der Waals surface area contributed by atoms with Gasteiger partial charge in [0.25, 0.3) is 0 Å². The molecule has 5 N–H and O–H groups in total. The average molecular weight is 214 g/mol. The van der Waals surface area contributed by atoms with Gasteiger partial charge in [-0.1, -0.05) is 36.4 Å². The van der Waals surface area contributed by atoms with E-state index in [9.17, 15) is 0 Å². The van der Waals surface area contributed by atoms with Crippen molar-refractivity contribution in [2.24, 2.45) is 5.84 Å². The first kappa shape index (κ1) is 10.6. The molecule has 0 spiro atoms. The van der Waals surface area contributed by atoms with Gasteiger partial charge in [0, 0.05) is 11.8 Å². The molecular formula is C12H14N4. The van der Waals surface area contributed by atoms with Crippen LogP contribution in [0.2, 0.25) is 0 Å². The Hall–Kier alpha value is -1.91. The zero-order valence-electron chi connectivity index (χ0n) is 8.80. The molecule has 0 saturated heterocycles. The number of nitrogen functional groups attached to an aromatic ring is 1. The molecule has 16 heavy (non-hydrogen) atoms. The minimum Gasteiger partial charge on any atom is -0.383 e. The molecule has 82 valence electrons. The number of rotatable bonds is 3. The fourth-order valence-electron chi connectivity index (χ4n) is 1.69. The lowest BCUT2D eigenvalue weighted by atomic mass is 10.00. The molecule has 0 aliphatic heterocycles. The summed E-state index contributed by atoms with van der Waals surface area (Å²) in [5.74, 6) is 6.07. The Kier molecular flexibility index (Phi) is 3.14. The standard InChI is InChI=1S/C12H14N4/c13-12-10(7-4-8-15-12)11(16-14)9-5-2-1-3-6-9/h1-8,11,16H,14H2,(H2,13,15). The molecule has 2 aromatic rings. The van der Waals surface area contributed by atoms with Crippen LogP contribution in [-0.2, 0) is 0 Å². The highest BCUT2D eigenvalue weighted by molar-refractivity contribution is 5.45. The van der Waals surface area contributed by atoms with Crippen LogP contribution >= 0.6 is 0 Å². The van der Waals surface area contributed by atoms with Crippen molar-refractivity contribution in [1.29, 1.82) is 0 Å². The number of pyridine rings is 1. The number of anilines is 1. The molecule has 4 heteroatoms. The number of hydrazine groups is 1. The van der Waals surface area contributed by atoms with E-state index in [1.165, 1.54) is 0 Å². The van der Waals surface area contributed by atoms with Crippen molar-refractivity contribution in [3.63, 3.8) is 0 Å². The summed E-state index contributed by atoms with van der Waals surface area (Å²) in [7, 11) is 0. The molecule has 0 saturated carbocycles. The highest BCUT2D eigenvalue weighted by atomic mass is 15.2. The molecule has 1 unspecified atom stereocenters. The monoisotopic (exact) mass is 214 g/mol. The smallest absolute Gasteiger partial charge is 0.128 e. The average Bonchev–Trinajstić information content (AvgIpc) is 2.34. The summed E-state index contributed by atoms with van der Waals surface area (Å²) >= 11 is 0. The summed E-state index contributed by atoms with van der Waals surface area (Å²) in [6.07, 6.45) is 1.66. The van der Waals surface area contributed by atoms with Gasteiger partial charge in [-0.2, -0.15) is 0 Å². The van der Waals surface area contributed by atoms with Gasteiger partial charge in [0.05, 0.1) is 6.04 Å². The van der Waals surface area contributed by atoms with Gasteiger partial charge >= 0.3 is 0 Å². The van der Waals surface area contributed by atoms with Crippen molar-refractivity contribution in [2.75, 3.05) is 5.73 Å². The van der Waals surface area contributed by atoms with Crippen molar-refractivity contribution < 1.29 is 0 Å². The third kappa shape index (κ3) is 2.03. The molecule has 1 atom stereocenters. The van der Waals surface area contributed by atoms with E-state index in [4.69, 9.17) is 11.6 Å². The summed E-state index contributed by atoms with van der Waals surface area (Å²) in [5.41, 5.74) is 10.5. The minimum atomic E-state index is -0.130. The van der Waals surface area contributed by atoms with Crippen molar-refractivity contribution >= 4 is 5.82 Å². The maximum Gasteiger partial charge on any atom is 0.128 e. The molecule has 1 heterocycles. The largest absolute Gasteiger partial charge is 0.383 e. The molecule has 4 nitrogen and oxygen atoms in total. The van der Waals surface area contributed by atoms with E-state index in [-0.39, 0.29) is 6.04 Å². The minimum absolute atomic E-state index is 0.130. The first-order valence-electron chi connectivity index (χ1n) is 5.04. The third-order valence-electron chi connectivity index (χ3n) is 2.48. The molecule has 1 aromatic heterocycles. The summed E-state index contributed by atoms with van der Waals surface area (Å²) in [4.78, 5) is 4.06. The van der Waals surface area contributed by atoms with E-state index in [1.54, 1.807) is 6.20 Å².